The highest BCUT2D eigenvalue weighted by Gasteiger charge is 2.24. The first-order valence-corrected chi connectivity index (χ1v) is 8.79. The summed E-state index contributed by atoms with van der Waals surface area (Å²) in [6.45, 7) is 2.46. The van der Waals surface area contributed by atoms with Crippen LogP contribution in [0.4, 0.5) is 0 Å². The van der Waals surface area contributed by atoms with Crippen molar-refractivity contribution >= 4 is 0 Å². The highest BCUT2D eigenvalue weighted by molar-refractivity contribution is 5.04. The number of ether oxygens (including phenoxy) is 1. The summed E-state index contributed by atoms with van der Waals surface area (Å²) in [5.74, 6) is 1.44. The van der Waals surface area contributed by atoms with Gasteiger partial charge in [0.2, 0.25) is 5.89 Å². The Morgan fingerprint density at radius 2 is 2.25 bits per heavy atom. The predicted molar refractivity (Wildman–Crippen MR) is 90.5 cm³/mol. The van der Waals surface area contributed by atoms with Gasteiger partial charge in [0.15, 0.2) is 5.82 Å². The molecular formula is C18H26N4O2. The molecule has 6 heteroatoms. The molecule has 1 aliphatic heterocycles. The Morgan fingerprint density at radius 3 is 3.08 bits per heavy atom. The van der Waals surface area contributed by atoms with E-state index in [1.165, 1.54) is 25.0 Å². The first-order valence-electron chi connectivity index (χ1n) is 8.79. The van der Waals surface area contributed by atoms with E-state index in [-0.39, 0.29) is 0 Å². The molecule has 6 nitrogen and oxygen atoms in total. The predicted octanol–water partition coefficient (Wildman–Crippen LogP) is 2.64. The third kappa shape index (κ3) is 4.85. The van der Waals surface area contributed by atoms with Crippen molar-refractivity contribution in [1.82, 2.24) is 20.0 Å². The van der Waals surface area contributed by atoms with Crippen molar-refractivity contribution in [2.75, 3.05) is 20.3 Å². The van der Waals surface area contributed by atoms with Crippen molar-refractivity contribution in [3.8, 4) is 0 Å². The van der Waals surface area contributed by atoms with E-state index < -0.39 is 0 Å². The van der Waals surface area contributed by atoms with Crippen LogP contribution in [-0.4, -0.2) is 46.3 Å². The topological polar surface area (TPSA) is 64.3 Å². The quantitative estimate of drug-likeness (QED) is 0.741. The van der Waals surface area contributed by atoms with E-state index in [0.29, 0.717) is 25.0 Å². The van der Waals surface area contributed by atoms with Crippen LogP contribution in [0.15, 0.2) is 28.9 Å². The maximum absolute atomic E-state index is 5.40. The second-order valence-electron chi connectivity index (χ2n) is 6.33. The van der Waals surface area contributed by atoms with E-state index in [4.69, 9.17) is 9.26 Å². The van der Waals surface area contributed by atoms with Crippen LogP contribution in [0.1, 0.15) is 43.1 Å². The molecule has 0 amide bonds. The van der Waals surface area contributed by atoms with E-state index in [2.05, 4.69) is 32.2 Å². The van der Waals surface area contributed by atoms with Gasteiger partial charge in [0.1, 0.15) is 0 Å². The fourth-order valence-corrected chi connectivity index (χ4v) is 3.28. The molecule has 2 aromatic rings. The molecule has 0 aliphatic carbocycles. The molecule has 0 N–H and O–H groups in total. The number of pyridine rings is 1. The van der Waals surface area contributed by atoms with E-state index in [9.17, 15) is 0 Å². The van der Waals surface area contributed by atoms with Crippen LogP contribution in [-0.2, 0) is 24.1 Å². The fourth-order valence-electron chi connectivity index (χ4n) is 3.28. The van der Waals surface area contributed by atoms with Gasteiger partial charge >= 0.3 is 0 Å². The summed E-state index contributed by atoms with van der Waals surface area (Å²) in [5.41, 5.74) is 1.17. The second-order valence-corrected chi connectivity index (χ2v) is 6.33. The Kier molecular flexibility index (Phi) is 6.32. The summed E-state index contributed by atoms with van der Waals surface area (Å²) < 4.78 is 10.5. The number of aromatic nitrogens is 3. The minimum atomic E-state index is 0.565. The summed E-state index contributed by atoms with van der Waals surface area (Å²) in [6.07, 6.45) is 8.48. The summed E-state index contributed by atoms with van der Waals surface area (Å²) in [5, 5.41) is 4.04. The van der Waals surface area contributed by atoms with E-state index >= 15 is 0 Å². The van der Waals surface area contributed by atoms with Crippen molar-refractivity contribution in [3.05, 3.63) is 41.8 Å². The number of piperidine rings is 1. The molecule has 130 valence electrons. The summed E-state index contributed by atoms with van der Waals surface area (Å²) in [6, 6.07) is 6.69. The smallest absolute Gasteiger partial charge is 0.240 e. The molecule has 1 fully saturated rings. The van der Waals surface area contributed by atoms with Crippen LogP contribution in [0, 0.1) is 0 Å². The zero-order chi connectivity index (χ0) is 16.6. The van der Waals surface area contributed by atoms with Gasteiger partial charge in [-0.25, -0.2) is 0 Å². The standard InChI is InChI=1S/C18H26N4O2/c1-23-13-10-17-20-18(24-21-17)14-22-12-5-3-7-16(22)9-8-15-6-2-4-11-19-15/h2,4,6,11,16H,3,5,7-10,12-14H2,1H3/t16-/m1/s1. The van der Waals surface area contributed by atoms with Crippen LogP contribution < -0.4 is 0 Å². The summed E-state index contributed by atoms with van der Waals surface area (Å²) in [7, 11) is 1.68. The van der Waals surface area contributed by atoms with Crippen molar-refractivity contribution in [3.63, 3.8) is 0 Å². The maximum Gasteiger partial charge on any atom is 0.240 e. The summed E-state index contributed by atoms with van der Waals surface area (Å²) >= 11 is 0. The number of hydrogen-bond donors (Lipinski definition) is 0. The van der Waals surface area contributed by atoms with Crippen LogP contribution in [0.5, 0.6) is 0 Å². The number of likely N-dealkylation sites (tertiary alicyclic amines) is 1. The number of rotatable bonds is 8. The van der Waals surface area contributed by atoms with Crippen LogP contribution in [0.3, 0.4) is 0 Å². The van der Waals surface area contributed by atoms with Crippen molar-refractivity contribution < 1.29 is 9.26 Å². The average molecular weight is 330 g/mol. The zero-order valence-electron chi connectivity index (χ0n) is 14.4. The van der Waals surface area contributed by atoms with Gasteiger partial charge in [-0.15, -0.1) is 0 Å². The van der Waals surface area contributed by atoms with Gasteiger partial charge in [-0.3, -0.25) is 9.88 Å². The molecule has 0 bridgehead atoms. The molecule has 0 saturated carbocycles. The van der Waals surface area contributed by atoms with E-state index in [0.717, 1.165) is 31.8 Å². The molecule has 2 aromatic heterocycles. The van der Waals surface area contributed by atoms with E-state index in [1.807, 2.05) is 12.3 Å². The van der Waals surface area contributed by atoms with Crippen molar-refractivity contribution in [2.45, 2.75) is 51.1 Å². The van der Waals surface area contributed by atoms with Gasteiger partial charge in [-0.05, 0) is 44.4 Å². The third-order valence-corrected chi connectivity index (χ3v) is 4.59. The highest BCUT2D eigenvalue weighted by atomic mass is 16.5. The Morgan fingerprint density at radius 1 is 1.29 bits per heavy atom. The normalized spacial score (nSPS) is 18.8. The monoisotopic (exact) mass is 330 g/mol. The molecule has 0 unspecified atom stereocenters. The maximum atomic E-state index is 5.40. The Balaban J connectivity index is 1.55. The lowest BCUT2D eigenvalue weighted by Gasteiger charge is -2.34. The second kappa shape index (κ2) is 8.89. The summed E-state index contributed by atoms with van der Waals surface area (Å²) in [4.78, 5) is 11.4. The first kappa shape index (κ1) is 17.0. The Labute approximate surface area is 143 Å². The molecule has 1 aliphatic rings. The minimum absolute atomic E-state index is 0.565. The van der Waals surface area contributed by atoms with E-state index in [1.54, 1.807) is 7.11 Å². The lowest BCUT2D eigenvalue weighted by molar-refractivity contribution is 0.117. The third-order valence-electron chi connectivity index (χ3n) is 4.59. The average Bonchev–Trinajstić information content (AvgIpc) is 3.07. The molecule has 0 aromatic carbocycles. The zero-order valence-corrected chi connectivity index (χ0v) is 14.4. The molecule has 0 spiro atoms. The molecule has 0 radical (unpaired) electrons. The van der Waals surface area contributed by atoms with Gasteiger partial charge < -0.3 is 9.26 Å². The number of aryl methyl sites for hydroxylation is 1. The lowest BCUT2D eigenvalue weighted by Crippen LogP contribution is -2.39. The number of nitrogens with zero attached hydrogens (tertiary/aromatic N) is 4. The van der Waals surface area contributed by atoms with Gasteiger partial charge in [0, 0.05) is 31.5 Å². The molecule has 1 atom stereocenters. The van der Waals surface area contributed by atoms with Crippen LogP contribution >= 0.6 is 0 Å². The molecule has 3 rings (SSSR count). The van der Waals surface area contributed by atoms with Crippen LogP contribution in [0.2, 0.25) is 0 Å². The van der Waals surface area contributed by atoms with Crippen molar-refractivity contribution in [1.29, 1.82) is 0 Å². The Hall–Kier alpha value is -1.79. The Bertz CT molecular complexity index is 602. The SMILES string of the molecule is COCCc1noc(CN2CCCC[C@@H]2CCc2ccccn2)n1. The number of methoxy groups -OCH3 is 1. The van der Waals surface area contributed by atoms with Crippen molar-refractivity contribution in [2.24, 2.45) is 0 Å². The fraction of sp³-hybridized carbons (Fsp3) is 0.611. The van der Waals surface area contributed by atoms with Gasteiger partial charge in [-0.2, -0.15) is 4.98 Å². The largest absolute Gasteiger partial charge is 0.384 e. The van der Waals surface area contributed by atoms with Crippen LogP contribution in [0.25, 0.3) is 0 Å². The van der Waals surface area contributed by atoms with Gasteiger partial charge in [-0.1, -0.05) is 17.6 Å². The molecule has 24 heavy (non-hydrogen) atoms. The highest BCUT2D eigenvalue weighted by Crippen LogP contribution is 2.22. The lowest BCUT2D eigenvalue weighted by atomic mass is 9.97. The van der Waals surface area contributed by atoms with Gasteiger partial charge in [0.05, 0.1) is 13.2 Å². The van der Waals surface area contributed by atoms with Gasteiger partial charge in [0.25, 0.3) is 0 Å². The molecule has 3 heterocycles. The first-order chi connectivity index (χ1) is 11.8. The molecular weight excluding hydrogens is 304 g/mol. The number of hydrogen-bond acceptors (Lipinski definition) is 6. The molecule has 1 saturated heterocycles. The minimum Gasteiger partial charge on any atom is -0.384 e.